The second-order valence-corrected chi connectivity index (χ2v) is 8.67. The van der Waals surface area contributed by atoms with Crippen molar-refractivity contribution in [2.24, 2.45) is 0 Å². The van der Waals surface area contributed by atoms with E-state index in [0.29, 0.717) is 16.5 Å². The first-order valence-electron chi connectivity index (χ1n) is 8.76. The lowest BCUT2D eigenvalue weighted by atomic mass is 10.2. The highest BCUT2D eigenvalue weighted by atomic mass is 35.5. The fraction of sp³-hybridized carbons (Fsp3) is 0.316. The molecule has 8 nitrogen and oxygen atoms in total. The zero-order chi connectivity index (χ0) is 21.0. The van der Waals surface area contributed by atoms with Crippen LogP contribution in [0.3, 0.4) is 0 Å². The first-order valence-corrected chi connectivity index (χ1v) is 11.0. The number of nitrogens with one attached hydrogen (secondary N) is 1. The Hall–Kier alpha value is -2.65. The Balaban J connectivity index is 1.58. The third kappa shape index (κ3) is 5.24. The minimum atomic E-state index is -3.61. The number of benzene rings is 2. The number of nitrogens with zero attached hydrogens (tertiary/aromatic N) is 1. The minimum absolute atomic E-state index is 0.142. The summed E-state index contributed by atoms with van der Waals surface area (Å²) in [5.74, 6) is 1.21. The second kappa shape index (κ2) is 8.79. The molecule has 156 valence electrons. The lowest BCUT2D eigenvalue weighted by Crippen LogP contribution is -2.51. The molecular formula is C19H21ClN2O6S. The number of fused-ring (bicyclic) bond motifs is 1. The van der Waals surface area contributed by atoms with Gasteiger partial charge in [-0.15, -0.1) is 0 Å². The number of rotatable bonds is 7. The van der Waals surface area contributed by atoms with E-state index in [0.717, 1.165) is 16.3 Å². The van der Waals surface area contributed by atoms with Gasteiger partial charge in [0.25, 0.3) is 5.91 Å². The number of carbonyl (C=O) groups is 1. The molecule has 1 aliphatic heterocycles. The lowest BCUT2D eigenvalue weighted by molar-refractivity contribution is -0.127. The molecule has 0 aromatic heterocycles. The summed E-state index contributed by atoms with van der Waals surface area (Å²) in [6.07, 6.45) is 0.0834. The van der Waals surface area contributed by atoms with E-state index in [1.165, 1.54) is 6.07 Å². The van der Waals surface area contributed by atoms with Crippen molar-refractivity contribution in [1.82, 2.24) is 5.32 Å². The Labute approximate surface area is 174 Å². The Morgan fingerprint density at radius 2 is 1.93 bits per heavy atom. The van der Waals surface area contributed by atoms with Crippen LogP contribution < -0.4 is 23.8 Å². The Kier molecular flexibility index (Phi) is 6.39. The first kappa shape index (κ1) is 21.1. The summed E-state index contributed by atoms with van der Waals surface area (Å²) in [5, 5.41) is 3.07. The maximum Gasteiger partial charge on any atom is 0.263 e. The van der Waals surface area contributed by atoms with Gasteiger partial charge in [0, 0.05) is 5.02 Å². The van der Waals surface area contributed by atoms with Crippen LogP contribution in [0, 0.1) is 0 Å². The summed E-state index contributed by atoms with van der Waals surface area (Å²) >= 11 is 5.97. The summed E-state index contributed by atoms with van der Waals surface area (Å²) in [7, 11) is -2.03. The molecule has 3 rings (SSSR count). The highest BCUT2D eigenvalue weighted by Gasteiger charge is 2.35. The Morgan fingerprint density at radius 1 is 1.24 bits per heavy atom. The maximum absolute atomic E-state index is 12.5. The van der Waals surface area contributed by atoms with Crippen LogP contribution in [0.1, 0.15) is 0 Å². The van der Waals surface area contributed by atoms with Gasteiger partial charge in [-0.3, -0.25) is 9.10 Å². The Morgan fingerprint density at radius 3 is 2.59 bits per heavy atom. The number of anilines is 1. The van der Waals surface area contributed by atoms with E-state index in [9.17, 15) is 13.2 Å². The minimum Gasteiger partial charge on any atom is -0.497 e. The van der Waals surface area contributed by atoms with Crippen molar-refractivity contribution in [3.63, 3.8) is 0 Å². The normalized spacial score (nSPS) is 15.8. The SMILES string of the molecule is COc1ccc(OCCNC(=O)[C@@H]2CN(S(C)(=O)=O)c3cc(Cl)ccc3O2)cc1. The van der Waals surface area contributed by atoms with Gasteiger partial charge in [0.1, 0.15) is 23.9 Å². The van der Waals surface area contributed by atoms with Crippen LogP contribution in [0.4, 0.5) is 5.69 Å². The van der Waals surface area contributed by atoms with E-state index in [4.69, 9.17) is 25.8 Å². The third-order valence-electron chi connectivity index (χ3n) is 4.21. The van der Waals surface area contributed by atoms with Crippen molar-refractivity contribution >= 4 is 33.2 Å². The van der Waals surface area contributed by atoms with E-state index in [-0.39, 0.29) is 25.4 Å². The molecule has 2 aromatic rings. The lowest BCUT2D eigenvalue weighted by Gasteiger charge is -2.34. The molecule has 0 spiro atoms. The van der Waals surface area contributed by atoms with Gasteiger partial charge in [0.05, 0.1) is 32.1 Å². The number of ether oxygens (including phenoxy) is 3. The largest absolute Gasteiger partial charge is 0.497 e. The van der Waals surface area contributed by atoms with Gasteiger partial charge in [-0.05, 0) is 42.5 Å². The smallest absolute Gasteiger partial charge is 0.263 e. The van der Waals surface area contributed by atoms with Crippen LogP contribution in [0.15, 0.2) is 42.5 Å². The fourth-order valence-electron chi connectivity index (χ4n) is 2.80. The maximum atomic E-state index is 12.5. The summed E-state index contributed by atoms with van der Waals surface area (Å²) in [6.45, 7) is 0.335. The number of sulfonamides is 1. The summed E-state index contributed by atoms with van der Waals surface area (Å²) in [5.41, 5.74) is 0.312. The van der Waals surface area contributed by atoms with E-state index in [1.807, 2.05) is 0 Å². The van der Waals surface area contributed by atoms with Gasteiger partial charge in [0.2, 0.25) is 10.0 Å². The van der Waals surface area contributed by atoms with E-state index >= 15 is 0 Å². The number of hydrogen-bond donors (Lipinski definition) is 1. The highest BCUT2D eigenvalue weighted by molar-refractivity contribution is 7.92. The molecular weight excluding hydrogens is 420 g/mol. The van der Waals surface area contributed by atoms with Crippen LogP contribution in [0.5, 0.6) is 17.2 Å². The van der Waals surface area contributed by atoms with Crippen molar-refractivity contribution in [3.05, 3.63) is 47.5 Å². The van der Waals surface area contributed by atoms with E-state index in [2.05, 4.69) is 5.32 Å². The van der Waals surface area contributed by atoms with Gasteiger partial charge < -0.3 is 19.5 Å². The topological polar surface area (TPSA) is 94.2 Å². The summed E-state index contributed by atoms with van der Waals surface area (Å²) < 4.78 is 41.8. The van der Waals surface area contributed by atoms with Crippen molar-refractivity contribution < 1.29 is 27.4 Å². The highest BCUT2D eigenvalue weighted by Crippen LogP contribution is 2.37. The summed E-state index contributed by atoms with van der Waals surface area (Å²) in [6, 6.07) is 11.7. The zero-order valence-corrected chi connectivity index (χ0v) is 17.5. The number of methoxy groups -OCH3 is 1. The van der Waals surface area contributed by atoms with Gasteiger partial charge in [-0.25, -0.2) is 8.42 Å². The van der Waals surface area contributed by atoms with Crippen molar-refractivity contribution in [3.8, 4) is 17.2 Å². The second-order valence-electron chi connectivity index (χ2n) is 6.33. The van der Waals surface area contributed by atoms with Crippen LogP contribution in [-0.4, -0.2) is 53.5 Å². The fourth-order valence-corrected chi connectivity index (χ4v) is 3.88. The van der Waals surface area contributed by atoms with E-state index in [1.54, 1.807) is 43.5 Å². The molecule has 1 N–H and O–H groups in total. The van der Waals surface area contributed by atoms with E-state index < -0.39 is 22.0 Å². The molecule has 1 aliphatic rings. The molecule has 0 unspecified atom stereocenters. The molecule has 0 fully saturated rings. The molecule has 10 heteroatoms. The molecule has 0 radical (unpaired) electrons. The average molecular weight is 441 g/mol. The molecule has 0 saturated heterocycles. The number of halogens is 1. The molecule has 29 heavy (non-hydrogen) atoms. The third-order valence-corrected chi connectivity index (χ3v) is 5.59. The molecule has 0 saturated carbocycles. The number of carbonyl (C=O) groups excluding carboxylic acids is 1. The Bertz CT molecular complexity index is 981. The molecule has 2 aromatic carbocycles. The van der Waals surface area contributed by atoms with Gasteiger partial charge >= 0.3 is 0 Å². The van der Waals surface area contributed by atoms with Crippen molar-refractivity contribution in [2.75, 3.05) is 37.4 Å². The zero-order valence-electron chi connectivity index (χ0n) is 15.9. The standard InChI is InChI=1S/C19H21ClN2O6S/c1-26-14-4-6-15(7-5-14)27-10-9-21-19(23)18-12-22(29(2,24)25)16-11-13(20)3-8-17(16)28-18/h3-8,11,18H,9-10,12H2,1-2H3,(H,21,23)/t18-/m0/s1. The van der Waals surface area contributed by atoms with Crippen molar-refractivity contribution in [2.45, 2.75) is 6.10 Å². The van der Waals surface area contributed by atoms with Gasteiger partial charge in [0.15, 0.2) is 6.10 Å². The molecule has 0 bridgehead atoms. The van der Waals surface area contributed by atoms with Crippen LogP contribution in [-0.2, 0) is 14.8 Å². The molecule has 1 amide bonds. The van der Waals surface area contributed by atoms with Crippen LogP contribution in [0.2, 0.25) is 5.02 Å². The quantitative estimate of drug-likeness (QED) is 0.662. The predicted molar refractivity (Wildman–Crippen MR) is 110 cm³/mol. The molecule has 0 aliphatic carbocycles. The van der Waals surface area contributed by atoms with Crippen LogP contribution in [0.25, 0.3) is 0 Å². The average Bonchev–Trinajstić information content (AvgIpc) is 2.70. The molecule has 1 atom stereocenters. The van der Waals surface area contributed by atoms with Gasteiger partial charge in [-0.1, -0.05) is 11.6 Å². The van der Waals surface area contributed by atoms with Crippen LogP contribution >= 0.6 is 11.6 Å². The monoisotopic (exact) mass is 440 g/mol. The first-order chi connectivity index (χ1) is 13.8. The number of amides is 1. The van der Waals surface area contributed by atoms with Crippen molar-refractivity contribution in [1.29, 1.82) is 0 Å². The predicted octanol–water partition coefficient (Wildman–Crippen LogP) is 2.07. The number of hydrogen-bond acceptors (Lipinski definition) is 6. The summed E-state index contributed by atoms with van der Waals surface area (Å²) in [4.78, 5) is 12.5. The van der Waals surface area contributed by atoms with Gasteiger partial charge in [-0.2, -0.15) is 0 Å². The molecule has 1 heterocycles.